The van der Waals surface area contributed by atoms with E-state index in [9.17, 15) is 31.1 Å². The Labute approximate surface area is 210 Å². The molecule has 0 aliphatic carbocycles. The number of anilines is 1. The summed E-state index contributed by atoms with van der Waals surface area (Å²) in [6, 6.07) is 2.74. The van der Waals surface area contributed by atoms with E-state index in [1.807, 2.05) is 5.32 Å². The Morgan fingerprint density at radius 3 is 2.19 bits per heavy atom. The van der Waals surface area contributed by atoms with Crippen LogP contribution in [0.15, 0.2) is 18.2 Å². The van der Waals surface area contributed by atoms with E-state index >= 15 is 0 Å². The Morgan fingerprint density at radius 2 is 1.57 bits per heavy atom. The summed E-state index contributed by atoms with van der Waals surface area (Å²) in [4.78, 5) is 25.3. The van der Waals surface area contributed by atoms with E-state index in [1.54, 1.807) is 0 Å². The summed E-state index contributed by atoms with van der Waals surface area (Å²) in [5.41, 5.74) is -2.33. The van der Waals surface area contributed by atoms with Gasteiger partial charge in [-0.3, -0.25) is 4.79 Å². The highest BCUT2D eigenvalue weighted by Gasteiger charge is 2.35. The molecule has 2 fully saturated rings. The number of rotatable bonds is 7. The lowest BCUT2D eigenvalue weighted by Gasteiger charge is -2.34. The molecule has 0 unspecified atom stereocenters. The molecule has 204 valence electrons. The minimum atomic E-state index is -4.90. The number of hydrogen-bond donors (Lipinski definition) is 2. The number of halogens is 6. The van der Waals surface area contributed by atoms with Crippen LogP contribution in [-0.2, 0) is 6.18 Å². The van der Waals surface area contributed by atoms with Crippen molar-refractivity contribution in [3.63, 3.8) is 0 Å². The van der Waals surface area contributed by atoms with Crippen molar-refractivity contribution in [1.82, 2.24) is 25.1 Å². The molecule has 4 heterocycles. The second-order valence-corrected chi connectivity index (χ2v) is 9.58. The first-order valence-corrected chi connectivity index (χ1v) is 12.4. The fourth-order valence-electron chi connectivity index (χ4n) is 4.76. The van der Waals surface area contributed by atoms with Gasteiger partial charge in [0, 0.05) is 32.2 Å². The molecule has 4 rings (SSSR count). The van der Waals surface area contributed by atoms with Crippen LogP contribution in [0.1, 0.15) is 48.2 Å². The average Bonchev–Trinajstić information content (AvgIpc) is 2.86. The van der Waals surface area contributed by atoms with E-state index in [4.69, 9.17) is 0 Å². The minimum Gasteiger partial charge on any atom is -0.361 e. The molecule has 2 aliphatic heterocycles. The average molecular weight is 533 g/mol. The zero-order valence-electron chi connectivity index (χ0n) is 20.3. The molecule has 2 saturated heterocycles. The maximum Gasteiger partial charge on any atom is 0.418 e. The van der Waals surface area contributed by atoms with Crippen LogP contribution in [0.2, 0.25) is 0 Å². The van der Waals surface area contributed by atoms with Crippen molar-refractivity contribution in [3.05, 3.63) is 29.5 Å². The van der Waals surface area contributed by atoms with E-state index < -0.39 is 41.7 Å². The number of pyridine rings is 2. The minimum absolute atomic E-state index is 0.120. The number of fused-ring (bicyclic) bond motifs is 1. The standard InChI is InChI=1S/C24H30F6N6O/c25-23(26,27)15-31-20-14-17(24(28,29)30)21-18(33-20)4-5-19(34-21)22(37)32-16-6-10-36(11-7-16)13-12-35-8-2-1-3-9-35/h4-5,14,16H,1-3,6-13,15H2,(H,31,33)(H,32,37). The first-order chi connectivity index (χ1) is 17.5. The van der Waals surface area contributed by atoms with Crippen LogP contribution >= 0.6 is 0 Å². The molecule has 2 aromatic heterocycles. The summed E-state index contributed by atoms with van der Waals surface area (Å²) in [5.74, 6) is -1.18. The normalized spacial score (nSPS) is 18.8. The number of carbonyl (C=O) groups is 1. The maximum absolute atomic E-state index is 13.7. The van der Waals surface area contributed by atoms with Gasteiger partial charge in [0.05, 0.1) is 11.1 Å². The lowest BCUT2D eigenvalue weighted by Crippen LogP contribution is -2.47. The Hall–Kier alpha value is -2.67. The fourth-order valence-corrected chi connectivity index (χ4v) is 4.76. The Kier molecular flexibility index (Phi) is 8.42. The van der Waals surface area contributed by atoms with Crippen molar-refractivity contribution < 1.29 is 31.1 Å². The van der Waals surface area contributed by atoms with Crippen molar-refractivity contribution >= 4 is 22.8 Å². The van der Waals surface area contributed by atoms with Gasteiger partial charge in [0.2, 0.25) is 0 Å². The van der Waals surface area contributed by atoms with Crippen LogP contribution in [0.25, 0.3) is 11.0 Å². The quantitative estimate of drug-likeness (QED) is 0.518. The van der Waals surface area contributed by atoms with Crippen LogP contribution in [0.4, 0.5) is 32.2 Å². The van der Waals surface area contributed by atoms with Crippen LogP contribution in [0.3, 0.4) is 0 Å². The van der Waals surface area contributed by atoms with Crippen LogP contribution < -0.4 is 10.6 Å². The molecule has 2 aromatic rings. The highest BCUT2D eigenvalue weighted by atomic mass is 19.4. The van der Waals surface area contributed by atoms with Gasteiger partial charge in [-0.2, -0.15) is 26.3 Å². The summed E-state index contributed by atoms with van der Waals surface area (Å²) >= 11 is 0. The molecule has 2 aliphatic rings. The Bertz CT molecular complexity index is 1080. The zero-order chi connectivity index (χ0) is 26.6. The van der Waals surface area contributed by atoms with Crippen molar-refractivity contribution in [2.45, 2.75) is 50.5 Å². The third-order valence-corrected chi connectivity index (χ3v) is 6.76. The molecular formula is C24H30F6N6O. The Balaban J connectivity index is 1.38. The highest BCUT2D eigenvalue weighted by Crippen LogP contribution is 2.35. The molecule has 13 heteroatoms. The van der Waals surface area contributed by atoms with Crippen molar-refractivity contribution in [2.75, 3.05) is 51.1 Å². The molecule has 0 spiro atoms. The van der Waals surface area contributed by atoms with Crippen LogP contribution in [0, 0.1) is 0 Å². The summed E-state index contributed by atoms with van der Waals surface area (Å²) < 4.78 is 78.5. The van der Waals surface area contributed by atoms with Crippen molar-refractivity contribution in [3.8, 4) is 0 Å². The van der Waals surface area contributed by atoms with Gasteiger partial charge < -0.3 is 20.4 Å². The maximum atomic E-state index is 13.7. The summed E-state index contributed by atoms with van der Waals surface area (Å²) in [7, 11) is 0. The number of likely N-dealkylation sites (tertiary alicyclic amines) is 2. The lowest BCUT2D eigenvalue weighted by atomic mass is 10.0. The first-order valence-electron chi connectivity index (χ1n) is 12.4. The summed E-state index contributed by atoms with van der Waals surface area (Å²) in [6.07, 6.45) is -4.30. The van der Waals surface area contributed by atoms with Crippen molar-refractivity contribution in [1.29, 1.82) is 0 Å². The third-order valence-electron chi connectivity index (χ3n) is 6.76. The van der Waals surface area contributed by atoms with Crippen LogP contribution in [0.5, 0.6) is 0 Å². The molecular weight excluding hydrogens is 502 g/mol. The van der Waals surface area contributed by atoms with Gasteiger partial charge in [-0.1, -0.05) is 6.42 Å². The predicted molar refractivity (Wildman–Crippen MR) is 126 cm³/mol. The third kappa shape index (κ3) is 7.67. The van der Waals surface area contributed by atoms with Gasteiger partial charge in [0.25, 0.3) is 5.91 Å². The molecule has 1 amide bonds. The number of aromatic nitrogens is 2. The van der Waals surface area contributed by atoms with Gasteiger partial charge in [-0.15, -0.1) is 0 Å². The molecule has 2 N–H and O–H groups in total. The molecule has 0 radical (unpaired) electrons. The predicted octanol–water partition coefficient (Wildman–Crippen LogP) is 4.30. The van der Waals surface area contributed by atoms with Gasteiger partial charge in [-0.05, 0) is 57.0 Å². The van der Waals surface area contributed by atoms with E-state index in [1.165, 1.54) is 25.3 Å². The lowest BCUT2D eigenvalue weighted by molar-refractivity contribution is -0.136. The van der Waals surface area contributed by atoms with Gasteiger partial charge in [-0.25, -0.2) is 9.97 Å². The molecule has 0 atom stereocenters. The molecule has 7 nitrogen and oxygen atoms in total. The second kappa shape index (κ2) is 11.4. The van der Waals surface area contributed by atoms with E-state index in [2.05, 4.69) is 25.1 Å². The highest BCUT2D eigenvalue weighted by molar-refractivity contribution is 5.95. The van der Waals surface area contributed by atoms with E-state index in [0.29, 0.717) is 6.07 Å². The SMILES string of the molecule is O=C(NC1CCN(CCN2CCCCC2)CC1)c1ccc2nc(NCC(F)(F)F)cc(C(F)(F)F)c2n1. The largest absolute Gasteiger partial charge is 0.418 e. The van der Waals surface area contributed by atoms with Crippen LogP contribution in [-0.4, -0.2) is 83.7 Å². The Morgan fingerprint density at radius 1 is 0.919 bits per heavy atom. The number of alkyl halides is 6. The van der Waals surface area contributed by atoms with Crippen molar-refractivity contribution in [2.24, 2.45) is 0 Å². The number of carbonyl (C=O) groups excluding carboxylic acids is 1. The number of hydrogen-bond acceptors (Lipinski definition) is 6. The molecule has 0 bridgehead atoms. The van der Waals surface area contributed by atoms with Gasteiger partial charge in [0.15, 0.2) is 0 Å². The number of amides is 1. The molecule has 0 saturated carbocycles. The number of nitrogens with zero attached hydrogens (tertiary/aromatic N) is 4. The summed E-state index contributed by atoms with van der Waals surface area (Å²) in [6.45, 7) is 4.39. The molecule has 0 aromatic carbocycles. The number of nitrogens with one attached hydrogen (secondary N) is 2. The second-order valence-electron chi connectivity index (χ2n) is 9.58. The van der Waals surface area contributed by atoms with E-state index in [0.717, 1.165) is 58.2 Å². The zero-order valence-corrected chi connectivity index (χ0v) is 20.3. The summed E-state index contributed by atoms with van der Waals surface area (Å²) in [5, 5.41) is 4.72. The van der Waals surface area contributed by atoms with E-state index in [-0.39, 0.29) is 17.3 Å². The fraction of sp³-hybridized carbons (Fsp3) is 0.625. The monoisotopic (exact) mass is 532 g/mol. The molecule has 37 heavy (non-hydrogen) atoms. The van der Waals surface area contributed by atoms with Gasteiger partial charge in [0.1, 0.15) is 23.6 Å². The smallest absolute Gasteiger partial charge is 0.361 e. The topological polar surface area (TPSA) is 73.4 Å². The van der Waals surface area contributed by atoms with Gasteiger partial charge >= 0.3 is 12.4 Å². The number of piperidine rings is 2. The first kappa shape index (κ1) is 27.4.